The first-order valence-electron chi connectivity index (χ1n) is 20.0. The van der Waals surface area contributed by atoms with E-state index >= 15 is 0 Å². The van der Waals surface area contributed by atoms with Crippen LogP contribution in [0.15, 0.2) is 199 Å². The third-order valence-electron chi connectivity index (χ3n) is 12.1. The maximum Gasteiger partial charge on any atom is 0.160 e. The van der Waals surface area contributed by atoms with Crippen molar-refractivity contribution in [1.29, 1.82) is 0 Å². The summed E-state index contributed by atoms with van der Waals surface area (Å²) in [6.45, 7) is 0. The van der Waals surface area contributed by atoms with Crippen LogP contribution in [0, 0.1) is 0 Å². The monoisotopic (exact) mass is 752 g/mol. The molecule has 0 saturated heterocycles. The van der Waals surface area contributed by atoms with Gasteiger partial charge in [-0.25, -0.2) is 9.97 Å². The summed E-state index contributed by atoms with van der Waals surface area (Å²) in [4.78, 5) is 10.3. The second-order valence-corrected chi connectivity index (χ2v) is 15.3. The first-order valence-corrected chi connectivity index (χ1v) is 20.0. The normalized spacial score (nSPS) is 12.1. The van der Waals surface area contributed by atoms with Gasteiger partial charge in [0.15, 0.2) is 5.82 Å². The number of furan rings is 1. The first kappa shape index (κ1) is 32.1. The van der Waals surface area contributed by atoms with Crippen LogP contribution in [0.2, 0.25) is 0 Å². The Labute approximate surface area is 337 Å². The van der Waals surface area contributed by atoms with Gasteiger partial charge in [0.05, 0.1) is 44.4 Å². The molecular formula is C54H32N4O. The molecule has 0 amide bonds. The van der Waals surface area contributed by atoms with Crippen molar-refractivity contribution in [3.05, 3.63) is 194 Å². The minimum Gasteiger partial charge on any atom is -0.456 e. The fraction of sp³-hybridized carbons (Fsp3) is 0. The molecule has 0 atom stereocenters. The Balaban J connectivity index is 1.13. The third kappa shape index (κ3) is 4.61. The van der Waals surface area contributed by atoms with E-state index in [0.29, 0.717) is 5.82 Å². The van der Waals surface area contributed by atoms with Gasteiger partial charge in [-0.15, -0.1) is 0 Å². The number of rotatable bonds is 4. The van der Waals surface area contributed by atoms with Gasteiger partial charge in [0.1, 0.15) is 11.2 Å². The molecule has 274 valence electrons. The minimum absolute atomic E-state index is 0.695. The molecule has 0 aliphatic carbocycles. The third-order valence-corrected chi connectivity index (χ3v) is 12.1. The summed E-state index contributed by atoms with van der Waals surface area (Å²) in [5.74, 6) is 0.695. The molecule has 0 fully saturated rings. The summed E-state index contributed by atoms with van der Waals surface area (Å²) < 4.78 is 11.4. The van der Waals surface area contributed by atoms with Gasteiger partial charge in [0.25, 0.3) is 0 Å². The summed E-state index contributed by atoms with van der Waals surface area (Å²) in [6, 6.07) is 68.9. The second-order valence-electron chi connectivity index (χ2n) is 15.3. The van der Waals surface area contributed by atoms with Gasteiger partial charge in [0, 0.05) is 54.5 Å². The van der Waals surface area contributed by atoms with E-state index in [9.17, 15) is 0 Å². The molecule has 0 unspecified atom stereocenters. The molecule has 0 aliphatic rings. The van der Waals surface area contributed by atoms with Gasteiger partial charge in [0.2, 0.25) is 0 Å². The fourth-order valence-electron chi connectivity index (χ4n) is 9.55. The number of hydrogen-bond acceptors (Lipinski definition) is 3. The zero-order valence-corrected chi connectivity index (χ0v) is 31.7. The van der Waals surface area contributed by atoms with E-state index in [-0.39, 0.29) is 0 Å². The molecule has 0 aliphatic heterocycles. The minimum atomic E-state index is 0.695. The highest BCUT2D eigenvalue weighted by Gasteiger charge is 2.24. The SMILES string of the molecule is c1ccc(-c2nc(-c3ccc(-n4c5c(ccc6oc7ccccc7c65)c5ccc6c(c7ccccc7n6-c6cccc7ccccc67)c54)cc3)nc3ccccc23)cc1. The van der Waals surface area contributed by atoms with Gasteiger partial charge < -0.3 is 13.6 Å². The van der Waals surface area contributed by atoms with Crippen molar-refractivity contribution < 1.29 is 4.42 Å². The van der Waals surface area contributed by atoms with Gasteiger partial charge in [-0.05, 0) is 72.1 Å². The molecule has 4 heterocycles. The summed E-state index contributed by atoms with van der Waals surface area (Å²) >= 11 is 0. The molecule has 59 heavy (non-hydrogen) atoms. The van der Waals surface area contributed by atoms with Crippen LogP contribution < -0.4 is 0 Å². The number of para-hydroxylation sites is 3. The Kier molecular flexibility index (Phi) is 6.66. The number of benzene rings is 9. The lowest BCUT2D eigenvalue weighted by atomic mass is 10.1. The average Bonchev–Trinajstić information content (AvgIpc) is 3.96. The topological polar surface area (TPSA) is 48.8 Å². The van der Waals surface area contributed by atoms with E-state index in [1.807, 2.05) is 18.2 Å². The predicted molar refractivity (Wildman–Crippen MR) is 244 cm³/mol. The van der Waals surface area contributed by atoms with E-state index in [1.165, 1.54) is 37.8 Å². The van der Waals surface area contributed by atoms with E-state index in [0.717, 1.165) is 77.6 Å². The summed E-state index contributed by atoms with van der Waals surface area (Å²) in [5, 5.41) is 10.4. The molecule has 0 saturated carbocycles. The van der Waals surface area contributed by atoms with Crippen molar-refractivity contribution in [3.63, 3.8) is 0 Å². The van der Waals surface area contributed by atoms with E-state index in [1.54, 1.807) is 0 Å². The Morgan fingerprint density at radius 3 is 1.92 bits per heavy atom. The van der Waals surface area contributed by atoms with Gasteiger partial charge in [-0.2, -0.15) is 0 Å². The largest absolute Gasteiger partial charge is 0.456 e. The van der Waals surface area contributed by atoms with Crippen molar-refractivity contribution in [1.82, 2.24) is 19.1 Å². The highest BCUT2D eigenvalue weighted by molar-refractivity contribution is 6.31. The molecule has 0 N–H and O–H groups in total. The predicted octanol–water partition coefficient (Wildman–Crippen LogP) is 14.2. The number of hydrogen-bond donors (Lipinski definition) is 0. The molecule has 9 aromatic carbocycles. The summed E-state index contributed by atoms with van der Waals surface area (Å²) in [7, 11) is 0. The molecule has 4 aromatic heterocycles. The molecule has 0 radical (unpaired) electrons. The van der Waals surface area contributed by atoms with Crippen LogP contribution in [0.3, 0.4) is 0 Å². The van der Waals surface area contributed by atoms with Crippen LogP contribution >= 0.6 is 0 Å². The lowest BCUT2D eigenvalue weighted by Gasteiger charge is -2.13. The summed E-state index contributed by atoms with van der Waals surface area (Å²) in [5.41, 5.74) is 12.4. The number of aromatic nitrogens is 4. The smallest absolute Gasteiger partial charge is 0.160 e. The second kappa shape index (κ2) is 12.2. The van der Waals surface area contributed by atoms with Crippen molar-refractivity contribution in [2.45, 2.75) is 0 Å². The van der Waals surface area contributed by atoms with E-state index in [4.69, 9.17) is 14.4 Å². The van der Waals surface area contributed by atoms with Crippen molar-refractivity contribution in [2.75, 3.05) is 0 Å². The van der Waals surface area contributed by atoms with Crippen molar-refractivity contribution >= 4 is 87.2 Å². The highest BCUT2D eigenvalue weighted by Crippen LogP contribution is 2.46. The van der Waals surface area contributed by atoms with Gasteiger partial charge >= 0.3 is 0 Å². The molecular weight excluding hydrogens is 721 g/mol. The molecule has 0 spiro atoms. The molecule has 0 bridgehead atoms. The quantitative estimate of drug-likeness (QED) is 0.180. The zero-order chi connectivity index (χ0) is 38.6. The zero-order valence-electron chi connectivity index (χ0n) is 31.7. The van der Waals surface area contributed by atoms with E-state index in [2.05, 4.69) is 185 Å². The Bertz CT molecular complexity index is 3830. The van der Waals surface area contributed by atoms with Crippen LogP contribution in [0.4, 0.5) is 0 Å². The standard InChI is InChI=1S/C54H32N4O/c1-2-14-34(15-3-1)51-40-18-6-9-21-43(40)55-54(56-51)35-25-27-36(28-26-35)57-52-38(39-30-32-48-50(53(39)57)42-20-8-11-24-47(42)59-48)29-31-46-49(52)41-19-7-10-22-45(41)58(46)44-23-12-16-33-13-4-5-17-37(33)44/h1-32H. The van der Waals surface area contributed by atoms with Gasteiger partial charge in [-0.3, -0.25) is 0 Å². The van der Waals surface area contributed by atoms with Crippen LogP contribution in [-0.2, 0) is 0 Å². The Morgan fingerprint density at radius 2 is 1.05 bits per heavy atom. The van der Waals surface area contributed by atoms with Crippen LogP contribution in [-0.4, -0.2) is 19.1 Å². The average molecular weight is 753 g/mol. The lowest BCUT2D eigenvalue weighted by molar-refractivity contribution is 0.669. The van der Waals surface area contributed by atoms with Gasteiger partial charge in [-0.1, -0.05) is 127 Å². The first-order chi connectivity index (χ1) is 29.3. The van der Waals surface area contributed by atoms with E-state index < -0.39 is 0 Å². The molecule has 13 rings (SSSR count). The Morgan fingerprint density at radius 1 is 0.373 bits per heavy atom. The fourth-order valence-corrected chi connectivity index (χ4v) is 9.55. The molecule has 5 heteroatoms. The molecule has 5 nitrogen and oxygen atoms in total. The maximum atomic E-state index is 6.53. The Hall–Kier alpha value is -8.02. The van der Waals surface area contributed by atoms with Crippen molar-refractivity contribution in [3.8, 4) is 34.0 Å². The molecule has 13 aromatic rings. The van der Waals surface area contributed by atoms with Crippen LogP contribution in [0.1, 0.15) is 0 Å². The number of fused-ring (bicyclic) bond motifs is 13. The van der Waals surface area contributed by atoms with Crippen molar-refractivity contribution in [2.24, 2.45) is 0 Å². The number of nitrogens with zero attached hydrogens (tertiary/aromatic N) is 4. The van der Waals surface area contributed by atoms with Crippen LogP contribution in [0.25, 0.3) is 121 Å². The maximum absolute atomic E-state index is 6.53. The highest BCUT2D eigenvalue weighted by atomic mass is 16.3. The lowest BCUT2D eigenvalue weighted by Crippen LogP contribution is -1.98. The van der Waals surface area contributed by atoms with Crippen LogP contribution in [0.5, 0.6) is 0 Å². The summed E-state index contributed by atoms with van der Waals surface area (Å²) in [6.07, 6.45) is 0.